The molecule has 2 amide bonds. The Hall–Kier alpha value is -3.61. The Balaban J connectivity index is 1.64. The first kappa shape index (κ1) is 21.1. The minimum absolute atomic E-state index is 0.285. The van der Waals surface area contributed by atoms with Crippen molar-refractivity contribution in [3.05, 3.63) is 65.9 Å². The summed E-state index contributed by atoms with van der Waals surface area (Å²) in [5, 5.41) is 8.90. The van der Waals surface area contributed by atoms with Crippen molar-refractivity contribution in [1.29, 1.82) is 0 Å². The van der Waals surface area contributed by atoms with Crippen LogP contribution in [-0.2, 0) is 0 Å². The second-order valence-electron chi connectivity index (χ2n) is 7.01. The quantitative estimate of drug-likeness (QED) is 0.496. The number of nitrogens with one attached hydrogen (secondary N) is 3. The van der Waals surface area contributed by atoms with Crippen LogP contribution in [0.4, 0.5) is 33.6 Å². The highest BCUT2D eigenvalue weighted by atomic mass is 16.2. The van der Waals surface area contributed by atoms with Gasteiger partial charge in [-0.2, -0.15) is 4.98 Å². The Labute approximate surface area is 177 Å². The number of hydrogen-bond donors (Lipinski definition) is 3. The highest BCUT2D eigenvalue weighted by Crippen LogP contribution is 2.20. The molecule has 0 aliphatic heterocycles. The van der Waals surface area contributed by atoms with Crippen LogP contribution in [-0.4, -0.2) is 29.1 Å². The van der Waals surface area contributed by atoms with Crippen molar-refractivity contribution in [1.82, 2.24) is 9.97 Å². The first-order valence-corrected chi connectivity index (χ1v) is 10.1. The summed E-state index contributed by atoms with van der Waals surface area (Å²) in [6, 6.07) is 16.8. The highest BCUT2D eigenvalue weighted by Gasteiger charge is 2.08. The zero-order valence-electron chi connectivity index (χ0n) is 17.9. The summed E-state index contributed by atoms with van der Waals surface area (Å²) in [4.78, 5) is 23.5. The number of amides is 2. The van der Waals surface area contributed by atoms with E-state index in [9.17, 15) is 4.79 Å². The molecular weight excluding hydrogens is 376 g/mol. The van der Waals surface area contributed by atoms with E-state index >= 15 is 0 Å². The lowest BCUT2D eigenvalue weighted by Crippen LogP contribution is -2.23. The zero-order chi connectivity index (χ0) is 21.5. The van der Waals surface area contributed by atoms with Gasteiger partial charge in [-0.25, -0.2) is 9.78 Å². The maximum atomic E-state index is 12.2. The number of rotatable bonds is 7. The summed E-state index contributed by atoms with van der Waals surface area (Å²) in [5.74, 6) is 1.45. The van der Waals surface area contributed by atoms with Gasteiger partial charge in [0.1, 0.15) is 5.82 Å². The van der Waals surface area contributed by atoms with Crippen molar-refractivity contribution in [3.63, 3.8) is 0 Å². The summed E-state index contributed by atoms with van der Waals surface area (Å²) < 4.78 is 0. The van der Waals surface area contributed by atoms with E-state index in [2.05, 4.69) is 44.7 Å². The molecule has 7 nitrogen and oxygen atoms in total. The maximum Gasteiger partial charge on any atom is 0.323 e. The average molecular weight is 405 g/mol. The molecule has 156 valence electrons. The molecule has 0 saturated carbocycles. The fourth-order valence-electron chi connectivity index (χ4n) is 3.10. The van der Waals surface area contributed by atoms with Crippen molar-refractivity contribution in [2.45, 2.75) is 27.7 Å². The Morgan fingerprint density at radius 3 is 2.20 bits per heavy atom. The Bertz CT molecular complexity index is 999. The molecule has 3 N–H and O–H groups in total. The Kier molecular flexibility index (Phi) is 6.85. The maximum absolute atomic E-state index is 12.2. The summed E-state index contributed by atoms with van der Waals surface area (Å²) in [5.41, 5.74) is 4.29. The standard InChI is InChI=1S/C23H28N6O/c1-5-29(6-2)21-15-17(4)24-22(28-21)25-18-10-12-19(13-11-18)26-23(30)27-20-9-7-8-16(3)14-20/h7-15H,5-6H2,1-4H3,(H,24,25,28)(H2,26,27,30). The Morgan fingerprint density at radius 2 is 1.53 bits per heavy atom. The van der Waals surface area contributed by atoms with Gasteiger partial charge in [0.25, 0.3) is 0 Å². The summed E-state index contributed by atoms with van der Waals surface area (Å²) in [6.07, 6.45) is 0. The van der Waals surface area contributed by atoms with Gasteiger partial charge < -0.3 is 20.9 Å². The van der Waals surface area contributed by atoms with Crippen molar-refractivity contribution >= 4 is 34.9 Å². The lowest BCUT2D eigenvalue weighted by molar-refractivity contribution is 0.262. The first-order valence-electron chi connectivity index (χ1n) is 10.1. The van der Waals surface area contributed by atoms with Gasteiger partial charge >= 0.3 is 6.03 Å². The van der Waals surface area contributed by atoms with Crippen LogP contribution >= 0.6 is 0 Å². The van der Waals surface area contributed by atoms with E-state index in [1.807, 2.05) is 68.4 Å². The molecule has 2 aromatic carbocycles. The second-order valence-corrected chi connectivity index (χ2v) is 7.01. The normalized spacial score (nSPS) is 10.4. The van der Waals surface area contributed by atoms with Gasteiger partial charge in [0.15, 0.2) is 0 Å². The number of aryl methyl sites for hydroxylation is 2. The van der Waals surface area contributed by atoms with E-state index in [1.54, 1.807) is 0 Å². The molecule has 7 heteroatoms. The van der Waals surface area contributed by atoms with E-state index in [-0.39, 0.29) is 6.03 Å². The molecule has 1 aromatic heterocycles. The topological polar surface area (TPSA) is 82.2 Å². The van der Waals surface area contributed by atoms with Crippen molar-refractivity contribution < 1.29 is 4.79 Å². The molecule has 0 unspecified atom stereocenters. The predicted molar refractivity (Wildman–Crippen MR) is 124 cm³/mol. The van der Waals surface area contributed by atoms with Gasteiger partial charge in [-0.05, 0) is 69.7 Å². The molecule has 0 aliphatic rings. The lowest BCUT2D eigenvalue weighted by atomic mass is 10.2. The van der Waals surface area contributed by atoms with Crippen molar-refractivity contribution in [3.8, 4) is 0 Å². The molecule has 0 radical (unpaired) electrons. The molecule has 3 aromatic rings. The molecule has 1 heterocycles. The number of anilines is 5. The number of carbonyl (C=O) groups is 1. The first-order chi connectivity index (χ1) is 14.5. The molecule has 0 aliphatic carbocycles. The van der Waals surface area contributed by atoms with E-state index in [0.29, 0.717) is 11.6 Å². The molecule has 0 spiro atoms. The van der Waals surface area contributed by atoms with Crippen LogP contribution in [0.2, 0.25) is 0 Å². The molecule has 0 bridgehead atoms. The molecule has 3 rings (SSSR count). The number of benzene rings is 2. The monoisotopic (exact) mass is 404 g/mol. The van der Waals surface area contributed by atoms with Crippen LogP contribution in [0.1, 0.15) is 25.1 Å². The Morgan fingerprint density at radius 1 is 0.867 bits per heavy atom. The molecule has 0 saturated heterocycles. The average Bonchev–Trinajstić information content (AvgIpc) is 2.70. The summed E-state index contributed by atoms with van der Waals surface area (Å²) >= 11 is 0. The van der Waals surface area contributed by atoms with Crippen LogP contribution < -0.4 is 20.9 Å². The second kappa shape index (κ2) is 9.73. The minimum atomic E-state index is -0.285. The van der Waals surface area contributed by atoms with Gasteiger partial charge in [0, 0.05) is 41.9 Å². The lowest BCUT2D eigenvalue weighted by Gasteiger charge is -2.20. The van der Waals surface area contributed by atoms with Gasteiger partial charge in [-0.15, -0.1) is 0 Å². The number of carbonyl (C=O) groups excluding carboxylic acids is 1. The van der Waals surface area contributed by atoms with Gasteiger partial charge in [-0.3, -0.25) is 0 Å². The highest BCUT2D eigenvalue weighted by molar-refractivity contribution is 5.99. The van der Waals surface area contributed by atoms with E-state index in [1.165, 1.54) is 0 Å². The van der Waals surface area contributed by atoms with Crippen LogP contribution in [0.25, 0.3) is 0 Å². The number of nitrogens with zero attached hydrogens (tertiary/aromatic N) is 3. The number of aromatic nitrogens is 2. The fourth-order valence-corrected chi connectivity index (χ4v) is 3.10. The summed E-state index contributed by atoms with van der Waals surface area (Å²) in [7, 11) is 0. The SMILES string of the molecule is CCN(CC)c1cc(C)nc(Nc2ccc(NC(=O)Nc3cccc(C)c3)cc2)n1. The van der Waals surface area contributed by atoms with Crippen LogP contribution in [0.15, 0.2) is 54.6 Å². The largest absolute Gasteiger partial charge is 0.357 e. The molecule has 0 atom stereocenters. The minimum Gasteiger partial charge on any atom is -0.357 e. The van der Waals surface area contributed by atoms with Crippen LogP contribution in [0, 0.1) is 13.8 Å². The molecule has 0 fully saturated rings. The van der Waals surface area contributed by atoms with E-state index in [4.69, 9.17) is 0 Å². The number of hydrogen-bond acceptors (Lipinski definition) is 5. The third-order valence-electron chi connectivity index (χ3n) is 4.60. The third kappa shape index (κ3) is 5.70. The van der Waals surface area contributed by atoms with Crippen LogP contribution in [0.5, 0.6) is 0 Å². The smallest absolute Gasteiger partial charge is 0.323 e. The van der Waals surface area contributed by atoms with Crippen molar-refractivity contribution in [2.75, 3.05) is 33.9 Å². The van der Waals surface area contributed by atoms with Gasteiger partial charge in [0.05, 0.1) is 0 Å². The zero-order valence-corrected chi connectivity index (χ0v) is 17.9. The van der Waals surface area contributed by atoms with Gasteiger partial charge in [-0.1, -0.05) is 12.1 Å². The predicted octanol–water partition coefficient (Wildman–Crippen LogP) is 5.33. The summed E-state index contributed by atoms with van der Waals surface area (Å²) in [6.45, 7) is 9.93. The van der Waals surface area contributed by atoms with Gasteiger partial charge in [0.2, 0.25) is 5.95 Å². The fraction of sp³-hybridized carbons (Fsp3) is 0.261. The van der Waals surface area contributed by atoms with Crippen molar-refractivity contribution in [2.24, 2.45) is 0 Å². The molecular formula is C23H28N6O. The van der Waals surface area contributed by atoms with Crippen LogP contribution in [0.3, 0.4) is 0 Å². The third-order valence-corrected chi connectivity index (χ3v) is 4.60. The number of urea groups is 1. The molecule has 30 heavy (non-hydrogen) atoms. The van der Waals surface area contributed by atoms with E-state index in [0.717, 1.165) is 41.5 Å². The van der Waals surface area contributed by atoms with E-state index < -0.39 is 0 Å².